The topological polar surface area (TPSA) is 336 Å². The van der Waals surface area contributed by atoms with Gasteiger partial charge in [0.25, 0.3) is 0 Å². The molecule has 8 amide bonds. The third-order valence-corrected chi connectivity index (χ3v) is 13.2. The third-order valence-electron chi connectivity index (χ3n) is 11.9. The lowest BCUT2D eigenvalue weighted by Crippen LogP contribution is -2.62. The molecule has 0 saturated carbocycles. The summed E-state index contributed by atoms with van der Waals surface area (Å²) in [4.78, 5) is 130. The first-order valence-corrected chi connectivity index (χ1v) is 26.5. The van der Waals surface area contributed by atoms with E-state index in [-0.39, 0.29) is 55.4 Å². The number of benzene rings is 1. The van der Waals surface area contributed by atoms with Crippen molar-refractivity contribution in [2.24, 2.45) is 23.5 Å². The minimum Gasteiger partial charge on any atom is -0.508 e. The number of carboxylic acid groups (broad SMARTS) is 1. The van der Waals surface area contributed by atoms with Gasteiger partial charge >= 0.3 is 5.97 Å². The first-order valence-electron chi connectivity index (χ1n) is 23.9. The first kappa shape index (κ1) is 60.8. The zero-order valence-electron chi connectivity index (χ0n) is 41.8. The quantitative estimate of drug-likeness (QED) is 0.0465. The maximum Gasteiger partial charge on any atom is 0.326 e. The molecule has 0 radical (unpaired) electrons. The fraction of sp³-hybridized carbons (Fsp3) is 0.617. The molecule has 22 nitrogen and oxygen atoms in total. The number of aromatic hydroxyl groups is 1. The lowest BCUT2D eigenvalue weighted by atomic mass is 10.00. The number of hydrogen-bond acceptors (Lipinski definition) is 15. The number of carboxylic acids is 1. The Labute approximate surface area is 435 Å². The lowest BCUT2D eigenvalue weighted by Gasteiger charge is -2.32. The van der Waals surface area contributed by atoms with Crippen molar-refractivity contribution in [2.75, 3.05) is 30.1 Å². The molecule has 2 heterocycles. The average molecular weight is 1060 g/mol. The van der Waals surface area contributed by atoms with Gasteiger partial charge in [-0.25, -0.2) is 9.78 Å². The number of thioether (sulfide) groups is 1. The maximum atomic E-state index is 14.1. The second-order valence-corrected chi connectivity index (χ2v) is 20.5. The summed E-state index contributed by atoms with van der Waals surface area (Å²) >= 11 is 10.1. The number of likely N-dealkylation sites (tertiary alicyclic amines) is 1. The smallest absolute Gasteiger partial charge is 0.326 e. The zero-order valence-corrected chi connectivity index (χ0v) is 44.4. The Bertz CT molecular complexity index is 2150. The van der Waals surface area contributed by atoms with E-state index in [1.54, 1.807) is 39.8 Å². The Balaban J connectivity index is 1.76. The van der Waals surface area contributed by atoms with E-state index in [4.69, 9.17) is 5.73 Å². The Hall–Kier alpha value is -5.53. The lowest BCUT2D eigenvalue weighted by molar-refractivity contribution is -0.145. The van der Waals surface area contributed by atoms with Crippen molar-refractivity contribution in [3.63, 3.8) is 0 Å². The molecule has 0 aliphatic carbocycles. The number of rotatable bonds is 29. The summed E-state index contributed by atoms with van der Waals surface area (Å²) < 4.78 is 0. The minimum atomic E-state index is -1.37. The summed E-state index contributed by atoms with van der Waals surface area (Å²) in [5.41, 5.74) is 7.13. The Morgan fingerprint density at radius 1 is 0.736 bits per heavy atom. The van der Waals surface area contributed by atoms with Crippen LogP contribution in [-0.2, 0) is 56.0 Å². The Morgan fingerprint density at radius 3 is 1.78 bits per heavy atom. The van der Waals surface area contributed by atoms with Crippen LogP contribution in [0.15, 0.2) is 36.8 Å². The van der Waals surface area contributed by atoms with Crippen molar-refractivity contribution < 1.29 is 53.4 Å². The molecule has 400 valence electrons. The van der Waals surface area contributed by atoms with Crippen LogP contribution in [0.25, 0.3) is 0 Å². The Morgan fingerprint density at radius 2 is 1.26 bits per heavy atom. The molecule has 0 bridgehead atoms. The highest BCUT2D eigenvalue weighted by atomic mass is 32.2. The van der Waals surface area contributed by atoms with Gasteiger partial charge in [-0.3, -0.25) is 38.4 Å². The number of nitrogens with zero attached hydrogens (tertiary/aromatic N) is 2. The highest BCUT2D eigenvalue weighted by Crippen LogP contribution is 2.22. The number of aromatic amines is 1. The van der Waals surface area contributed by atoms with Crippen LogP contribution in [0.1, 0.15) is 78.5 Å². The number of aliphatic carboxylic acids is 1. The molecule has 1 saturated heterocycles. The molecule has 1 fully saturated rings. The van der Waals surface area contributed by atoms with Gasteiger partial charge in [-0.15, -0.1) is 0 Å². The van der Waals surface area contributed by atoms with Crippen molar-refractivity contribution in [3.05, 3.63) is 48.0 Å². The van der Waals surface area contributed by atoms with Crippen LogP contribution in [0.4, 0.5) is 0 Å². The van der Waals surface area contributed by atoms with E-state index in [0.717, 1.165) is 0 Å². The molecule has 72 heavy (non-hydrogen) atoms. The fourth-order valence-electron chi connectivity index (χ4n) is 7.75. The zero-order chi connectivity index (χ0) is 53.8. The van der Waals surface area contributed by atoms with Gasteiger partial charge in [-0.1, -0.05) is 53.7 Å². The molecular formula is C47H73N11O11S3. The van der Waals surface area contributed by atoms with Gasteiger partial charge in [0, 0.05) is 42.8 Å². The van der Waals surface area contributed by atoms with Crippen molar-refractivity contribution >= 4 is 90.2 Å². The molecule has 0 unspecified atom stereocenters. The number of phenols is 1. The van der Waals surface area contributed by atoms with Gasteiger partial charge in [0.2, 0.25) is 47.3 Å². The van der Waals surface area contributed by atoms with E-state index >= 15 is 0 Å². The summed E-state index contributed by atoms with van der Waals surface area (Å²) in [7, 11) is 0. The van der Waals surface area contributed by atoms with Crippen LogP contribution in [-0.4, -0.2) is 163 Å². The van der Waals surface area contributed by atoms with Crippen LogP contribution in [0.5, 0.6) is 5.75 Å². The van der Waals surface area contributed by atoms with Crippen LogP contribution in [0.3, 0.4) is 0 Å². The van der Waals surface area contributed by atoms with E-state index in [1.807, 2.05) is 20.1 Å². The second-order valence-electron chi connectivity index (χ2n) is 18.8. The number of carbonyl (C=O) groups is 9. The number of aromatic nitrogens is 2. The van der Waals surface area contributed by atoms with Crippen LogP contribution < -0.4 is 43.0 Å². The molecule has 1 aromatic heterocycles. The molecule has 9 atom stereocenters. The molecule has 1 aromatic carbocycles. The van der Waals surface area contributed by atoms with E-state index < -0.39 is 119 Å². The fourth-order valence-corrected chi connectivity index (χ4v) is 8.75. The largest absolute Gasteiger partial charge is 0.508 e. The maximum absolute atomic E-state index is 14.1. The molecule has 2 aromatic rings. The monoisotopic (exact) mass is 1060 g/mol. The number of H-pyrrole nitrogens is 1. The normalized spacial score (nSPS) is 16.8. The summed E-state index contributed by atoms with van der Waals surface area (Å²) in [5.74, 6) is -7.89. The molecule has 1 aliphatic heterocycles. The Kier molecular flexibility index (Phi) is 25.2. The predicted octanol–water partition coefficient (Wildman–Crippen LogP) is -0.332. The minimum absolute atomic E-state index is 0.000866. The van der Waals surface area contributed by atoms with Crippen LogP contribution in [0.2, 0.25) is 0 Å². The second kappa shape index (κ2) is 29.9. The van der Waals surface area contributed by atoms with Crippen LogP contribution in [0, 0.1) is 17.8 Å². The molecule has 12 N–H and O–H groups in total. The summed E-state index contributed by atoms with van der Waals surface area (Å²) in [6.45, 7) is 10.6. The van der Waals surface area contributed by atoms with E-state index in [9.17, 15) is 53.4 Å². The van der Waals surface area contributed by atoms with Gasteiger partial charge in [0.15, 0.2) is 0 Å². The van der Waals surface area contributed by atoms with Gasteiger partial charge in [0.1, 0.15) is 54.1 Å². The van der Waals surface area contributed by atoms with Crippen molar-refractivity contribution in [1.29, 1.82) is 0 Å². The summed E-state index contributed by atoms with van der Waals surface area (Å²) in [6.07, 6.45) is 5.82. The summed E-state index contributed by atoms with van der Waals surface area (Å²) in [6, 6.07) is -4.65. The molecule has 3 rings (SSSR count). The van der Waals surface area contributed by atoms with Gasteiger partial charge in [0.05, 0.1) is 12.4 Å². The van der Waals surface area contributed by atoms with Crippen molar-refractivity contribution in [1.82, 2.24) is 52.1 Å². The third kappa shape index (κ3) is 18.8. The van der Waals surface area contributed by atoms with Gasteiger partial charge < -0.3 is 63.0 Å². The van der Waals surface area contributed by atoms with Gasteiger partial charge in [-0.2, -0.15) is 37.0 Å². The number of thiol groups is 2. The van der Waals surface area contributed by atoms with E-state index in [1.165, 1.54) is 41.3 Å². The molecule has 1 aliphatic rings. The number of nitrogens with two attached hydrogens (primary N) is 1. The molecule has 25 heteroatoms. The number of imidazole rings is 1. The standard InChI is InChI=1S/C47H73N11O11S3/c1-24(2)17-33(47(68)69)53-44(65)36-9-8-15-58(36)46(67)38(26(5)6)57-41(62)32(19-28-20-49-23-50-28)52-42(63)34(21-70)54-43(64)35(22-71)55-45(66)37(25(3)4)56-40(61)31(18-27-10-12-29(59)13-11-27)51-39(60)30(48)14-16-72-7/h10-13,20,23-26,30-38,59,70-71H,8-9,14-19,21-22,48H2,1-7H3,(H,49,50)(H,51,60)(H,52,63)(H,53,65)(H,54,64)(H,55,66)(H,56,61)(H,57,62)(H,68,69)/t30-,31-,32-,33-,34-,35-,36-,37-,38-/m0/s1. The van der Waals surface area contributed by atoms with Gasteiger partial charge in [-0.05, 0) is 73.1 Å². The number of nitrogens with one attached hydrogen (secondary N) is 8. The van der Waals surface area contributed by atoms with E-state index in [2.05, 4.69) is 72.4 Å². The molecule has 0 spiro atoms. The van der Waals surface area contributed by atoms with E-state index in [0.29, 0.717) is 29.9 Å². The highest BCUT2D eigenvalue weighted by molar-refractivity contribution is 7.98. The average Bonchev–Trinajstić information content (AvgIpc) is 4.05. The number of hydrogen-bond donors (Lipinski definition) is 13. The molecular weight excluding hydrogens is 991 g/mol. The number of carbonyl (C=O) groups excluding carboxylic acids is 8. The highest BCUT2D eigenvalue weighted by Gasteiger charge is 2.41. The predicted molar refractivity (Wildman–Crippen MR) is 278 cm³/mol. The van der Waals surface area contributed by atoms with Crippen LogP contribution >= 0.6 is 37.0 Å². The van der Waals surface area contributed by atoms with Crippen molar-refractivity contribution in [3.8, 4) is 5.75 Å². The number of phenolic OH excluding ortho intramolecular Hbond substituents is 1. The van der Waals surface area contributed by atoms with Crippen molar-refractivity contribution in [2.45, 2.75) is 134 Å². The first-order chi connectivity index (χ1) is 34.0. The number of amides is 8. The SMILES string of the molecule is CSCC[C@H](N)C(=O)N[C@@H](Cc1ccc(O)cc1)C(=O)N[C@H](C(=O)N[C@@H](CS)C(=O)N[C@@H](CS)C(=O)N[C@@H](Cc1cnc[nH]1)C(=O)N[C@H](C(=O)N1CCC[C@H]1C(=O)N[C@@H](CC(C)C)C(=O)O)C(C)C)C(C)C. The summed E-state index contributed by atoms with van der Waals surface area (Å²) in [5, 5.41) is 38.0.